The van der Waals surface area contributed by atoms with Gasteiger partial charge in [0, 0.05) is 34.3 Å². The Balaban J connectivity index is 1.66. The largest absolute Gasteiger partial charge is 0.496 e. The molecule has 0 saturated heterocycles. The van der Waals surface area contributed by atoms with Crippen LogP contribution >= 0.6 is 0 Å². The summed E-state index contributed by atoms with van der Waals surface area (Å²) in [4.78, 5) is 12.6. The monoisotopic (exact) mass is 393 g/mol. The highest BCUT2D eigenvalue weighted by Crippen LogP contribution is 2.39. The van der Waals surface area contributed by atoms with Crippen LogP contribution in [0.4, 0.5) is 5.69 Å². The Labute approximate surface area is 169 Å². The second kappa shape index (κ2) is 7.20. The van der Waals surface area contributed by atoms with Crippen molar-refractivity contribution < 1.29 is 23.4 Å². The van der Waals surface area contributed by atoms with Gasteiger partial charge in [-0.15, -0.1) is 0 Å². The quantitative estimate of drug-likeness (QED) is 0.622. The third-order valence-corrected chi connectivity index (χ3v) is 5.26. The second-order valence-corrected chi connectivity index (χ2v) is 7.13. The van der Waals surface area contributed by atoms with Gasteiger partial charge in [-0.3, -0.25) is 4.79 Å². The summed E-state index contributed by atoms with van der Waals surface area (Å²) in [5.74, 6) is 2.65. The van der Waals surface area contributed by atoms with E-state index >= 15 is 0 Å². The number of furan rings is 1. The van der Waals surface area contributed by atoms with E-state index in [9.17, 15) is 4.79 Å². The number of carbonyl (C=O) groups excluding carboxylic acids is 1. The fraction of sp³-hybridized carbons (Fsp3) is 0.261. The molecule has 6 nitrogen and oxygen atoms in total. The molecule has 6 heteroatoms. The smallest absolute Gasteiger partial charge is 0.248 e. The van der Waals surface area contributed by atoms with Gasteiger partial charge in [0.25, 0.3) is 0 Å². The Morgan fingerprint density at radius 1 is 1.10 bits per heavy atom. The molecule has 0 saturated carbocycles. The van der Waals surface area contributed by atoms with E-state index in [1.165, 1.54) is 0 Å². The molecule has 0 bridgehead atoms. The van der Waals surface area contributed by atoms with Crippen molar-refractivity contribution >= 4 is 28.1 Å². The molecular weight excluding hydrogens is 370 g/mol. The molecule has 150 valence electrons. The summed E-state index contributed by atoms with van der Waals surface area (Å²) in [5.41, 5.74) is 5.12. The van der Waals surface area contributed by atoms with Crippen molar-refractivity contribution in [3.63, 3.8) is 0 Å². The Kier molecular flexibility index (Phi) is 4.70. The summed E-state index contributed by atoms with van der Waals surface area (Å²) >= 11 is 0. The van der Waals surface area contributed by atoms with Crippen LogP contribution < -0.4 is 19.5 Å². The SMILES string of the molecule is COc1c(/C(C)=C/C(=O)Nc2ccc3c(c2)OCO3)cc2c(C)c(C)oc2c1C. The number of carbonyl (C=O) groups is 1. The summed E-state index contributed by atoms with van der Waals surface area (Å²) in [6.07, 6.45) is 1.57. The van der Waals surface area contributed by atoms with E-state index in [-0.39, 0.29) is 12.7 Å². The number of fused-ring (bicyclic) bond motifs is 2. The number of hydrogen-bond donors (Lipinski definition) is 1. The fourth-order valence-corrected chi connectivity index (χ4v) is 3.59. The topological polar surface area (TPSA) is 69.9 Å². The summed E-state index contributed by atoms with van der Waals surface area (Å²) < 4.78 is 22.2. The molecular formula is C23H23NO5. The Hall–Kier alpha value is -3.41. The van der Waals surface area contributed by atoms with Crippen LogP contribution in [0.15, 0.2) is 34.8 Å². The molecule has 0 aliphatic carbocycles. The number of methoxy groups -OCH3 is 1. The van der Waals surface area contributed by atoms with E-state index in [1.54, 1.807) is 31.4 Å². The number of nitrogens with one attached hydrogen (secondary N) is 1. The van der Waals surface area contributed by atoms with Crippen LogP contribution in [0.1, 0.15) is 29.4 Å². The first-order chi connectivity index (χ1) is 13.9. The lowest BCUT2D eigenvalue weighted by molar-refractivity contribution is -0.111. The standard InChI is InChI=1S/C23H23NO5/c1-12(8-21(25)24-16-6-7-19-20(9-16)28-11-27-19)17-10-18-13(2)15(4)29-23(18)14(3)22(17)26-5/h6-10H,11H2,1-5H3,(H,24,25)/b12-8+. The number of anilines is 1. The number of amides is 1. The molecule has 2 heterocycles. The van der Waals surface area contributed by atoms with Crippen molar-refractivity contribution in [2.75, 3.05) is 19.2 Å². The van der Waals surface area contributed by atoms with Crippen LogP contribution in [-0.4, -0.2) is 19.8 Å². The highest BCUT2D eigenvalue weighted by Gasteiger charge is 2.19. The lowest BCUT2D eigenvalue weighted by Crippen LogP contribution is -2.08. The number of hydrogen-bond acceptors (Lipinski definition) is 5. The van der Waals surface area contributed by atoms with Crippen molar-refractivity contribution in [2.24, 2.45) is 0 Å². The number of aryl methyl sites for hydroxylation is 3. The first-order valence-corrected chi connectivity index (χ1v) is 9.35. The molecule has 1 aliphatic heterocycles. The molecule has 0 radical (unpaired) electrons. The highest BCUT2D eigenvalue weighted by molar-refractivity contribution is 6.05. The maximum absolute atomic E-state index is 12.6. The highest BCUT2D eigenvalue weighted by atomic mass is 16.7. The molecule has 29 heavy (non-hydrogen) atoms. The number of benzene rings is 2. The third-order valence-electron chi connectivity index (χ3n) is 5.26. The van der Waals surface area contributed by atoms with Crippen LogP contribution in [0.3, 0.4) is 0 Å². The van der Waals surface area contributed by atoms with E-state index in [0.29, 0.717) is 22.9 Å². The molecule has 0 unspecified atom stereocenters. The second-order valence-electron chi connectivity index (χ2n) is 7.13. The van der Waals surface area contributed by atoms with Gasteiger partial charge in [0.05, 0.1) is 7.11 Å². The van der Waals surface area contributed by atoms with Crippen molar-refractivity contribution in [3.8, 4) is 17.2 Å². The van der Waals surface area contributed by atoms with Gasteiger partial charge in [0.15, 0.2) is 11.5 Å². The minimum Gasteiger partial charge on any atom is -0.496 e. The van der Waals surface area contributed by atoms with Gasteiger partial charge in [-0.1, -0.05) is 0 Å². The van der Waals surface area contributed by atoms with Gasteiger partial charge in [0.1, 0.15) is 17.1 Å². The van der Waals surface area contributed by atoms with Gasteiger partial charge in [-0.2, -0.15) is 0 Å². The fourth-order valence-electron chi connectivity index (χ4n) is 3.59. The van der Waals surface area contributed by atoms with E-state index < -0.39 is 0 Å². The van der Waals surface area contributed by atoms with Crippen LogP contribution in [0.5, 0.6) is 17.2 Å². The lowest BCUT2D eigenvalue weighted by Gasteiger charge is -2.13. The van der Waals surface area contributed by atoms with Crippen LogP contribution in [0.2, 0.25) is 0 Å². The summed E-state index contributed by atoms with van der Waals surface area (Å²) in [5, 5.41) is 3.89. The van der Waals surface area contributed by atoms with E-state index in [2.05, 4.69) is 5.32 Å². The summed E-state index contributed by atoms with van der Waals surface area (Å²) in [7, 11) is 1.63. The first-order valence-electron chi connectivity index (χ1n) is 9.35. The molecule has 3 aromatic rings. The minimum absolute atomic E-state index is 0.195. The summed E-state index contributed by atoms with van der Waals surface area (Å²) in [6, 6.07) is 7.33. The predicted molar refractivity (Wildman–Crippen MR) is 112 cm³/mol. The van der Waals surface area contributed by atoms with Crippen LogP contribution in [0.25, 0.3) is 16.5 Å². The zero-order valence-corrected chi connectivity index (χ0v) is 17.1. The van der Waals surface area contributed by atoms with Gasteiger partial charge in [0.2, 0.25) is 12.7 Å². The average molecular weight is 393 g/mol. The van der Waals surface area contributed by atoms with Crippen molar-refractivity contribution in [1.82, 2.24) is 0 Å². The maximum atomic E-state index is 12.6. The average Bonchev–Trinajstić information content (AvgIpc) is 3.26. The number of rotatable bonds is 4. The molecule has 1 N–H and O–H groups in total. The maximum Gasteiger partial charge on any atom is 0.248 e. The first kappa shape index (κ1) is 18.9. The van der Waals surface area contributed by atoms with Crippen molar-refractivity contribution in [1.29, 1.82) is 0 Å². The molecule has 0 fully saturated rings. The minimum atomic E-state index is -0.235. The molecule has 1 aromatic heterocycles. The van der Waals surface area contributed by atoms with E-state index in [1.807, 2.05) is 33.8 Å². The normalized spacial score (nSPS) is 13.1. The molecule has 1 aliphatic rings. The van der Waals surface area contributed by atoms with Gasteiger partial charge in [-0.05, 0) is 57.0 Å². The van der Waals surface area contributed by atoms with Crippen LogP contribution in [0, 0.1) is 20.8 Å². The zero-order valence-electron chi connectivity index (χ0n) is 17.1. The third kappa shape index (κ3) is 3.31. The van der Waals surface area contributed by atoms with Crippen molar-refractivity contribution in [3.05, 3.63) is 52.8 Å². The number of ether oxygens (including phenoxy) is 3. The Morgan fingerprint density at radius 3 is 2.62 bits per heavy atom. The lowest BCUT2D eigenvalue weighted by atomic mass is 9.98. The molecule has 1 amide bonds. The van der Waals surface area contributed by atoms with E-state index in [4.69, 9.17) is 18.6 Å². The molecule has 0 atom stereocenters. The van der Waals surface area contributed by atoms with Gasteiger partial charge in [-0.25, -0.2) is 0 Å². The van der Waals surface area contributed by atoms with Crippen molar-refractivity contribution in [2.45, 2.75) is 27.7 Å². The Morgan fingerprint density at radius 2 is 1.86 bits per heavy atom. The molecule has 4 rings (SSSR count). The van der Waals surface area contributed by atoms with Gasteiger partial charge >= 0.3 is 0 Å². The summed E-state index contributed by atoms with van der Waals surface area (Å²) in [6.45, 7) is 8.03. The Bertz CT molecular complexity index is 1160. The predicted octanol–water partition coefficient (Wildman–Crippen LogP) is 5.14. The number of allylic oxidation sites excluding steroid dienone is 1. The molecule has 0 spiro atoms. The van der Waals surface area contributed by atoms with Gasteiger partial charge < -0.3 is 23.9 Å². The van der Waals surface area contributed by atoms with E-state index in [0.717, 1.165) is 39.0 Å². The zero-order chi connectivity index (χ0) is 20.7. The van der Waals surface area contributed by atoms with Crippen LogP contribution in [-0.2, 0) is 4.79 Å². The molecule has 2 aromatic carbocycles.